The van der Waals surface area contributed by atoms with Gasteiger partial charge < -0.3 is 20.2 Å². The quantitative estimate of drug-likeness (QED) is 0.688. The SMILES string of the molecule is Cc1cc(C)cc(C(=O)N(CC(=O)N2CCNCC2)Cc2ccccc2)c1.O=C(O)C(F)(F)F. The number of piperazine rings is 1. The topological polar surface area (TPSA) is 90.0 Å². The number of carbonyl (C=O) groups is 3. The first-order valence-corrected chi connectivity index (χ1v) is 10.7. The molecule has 2 aromatic rings. The van der Waals surface area contributed by atoms with Crippen molar-refractivity contribution in [2.24, 2.45) is 0 Å². The Morgan fingerprint density at radius 1 is 1.00 bits per heavy atom. The largest absolute Gasteiger partial charge is 0.490 e. The number of halogens is 3. The molecule has 0 aliphatic carbocycles. The number of amides is 2. The molecular formula is C24H28F3N3O4. The van der Waals surface area contributed by atoms with Gasteiger partial charge in [-0.3, -0.25) is 9.59 Å². The highest BCUT2D eigenvalue weighted by Crippen LogP contribution is 2.15. The number of carbonyl (C=O) groups excluding carboxylic acids is 2. The fourth-order valence-corrected chi connectivity index (χ4v) is 3.46. The second-order valence-corrected chi connectivity index (χ2v) is 7.96. The summed E-state index contributed by atoms with van der Waals surface area (Å²) in [5.74, 6) is -2.85. The lowest BCUT2D eigenvalue weighted by molar-refractivity contribution is -0.192. The summed E-state index contributed by atoms with van der Waals surface area (Å²) in [4.78, 5) is 38.4. The Morgan fingerprint density at radius 2 is 1.53 bits per heavy atom. The molecule has 10 heteroatoms. The van der Waals surface area contributed by atoms with Gasteiger partial charge in [-0.15, -0.1) is 0 Å². The second-order valence-electron chi connectivity index (χ2n) is 7.96. The molecule has 34 heavy (non-hydrogen) atoms. The molecule has 1 saturated heterocycles. The Labute approximate surface area is 196 Å². The van der Waals surface area contributed by atoms with Gasteiger partial charge in [0, 0.05) is 38.3 Å². The fourth-order valence-electron chi connectivity index (χ4n) is 3.46. The van der Waals surface area contributed by atoms with Gasteiger partial charge in [0.25, 0.3) is 5.91 Å². The number of rotatable bonds is 5. The minimum Gasteiger partial charge on any atom is -0.475 e. The van der Waals surface area contributed by atoms with Crippen LogP contribution in [-0.4, -0.2) is 71.6 Å². The number of hydrogen-bond donors (Lipinski definition) is 2. The van der Waals surface area contributed by atoms with Gasteiger partial charge in [0.2, 0.25) is 5.91 Å². The van der Waals surface area contributed by atoms with Crippen LogP contribution in [0.4, 0.5) is 13.2 Å². The van der Waals surface area contributed by atoms with Crippen molar-refractivity contribution in [1.29, 1.82) is 0 Å². The summed E-state index contributed by atoms with van der Waals surface area (Å²) in [6.07, 6.45) is -5.08. The molecular weight excluding hydrogens is 451 g/mol. The van der Waals surface area contributed by atoms with E-state index in [1.165, 1.54) is 0 Å². The van der Waals surface area contributed by atoms with Crippen LogP contribution >= 0.6 is 0 Å². The molecule has 1 aliphatic heterocycles. The molecule has 0 atom stereocenters. The Hall–Kier alpha value is -3.40. The zero-order valence-electron chi connectivity index (χ0n) is 19.1. The minimum atomic E-state index is -5.08. The van der Waals surface area contributed by atoms with Crippen LogP contribution in [0.2, 0.25) is 0 Å². The van der Waals surface area contributed by atoms with Crippen molar-refractivity contribution in [2.45, 2.75) is 26.6 Å². The van der Waals surface area contributed by atoms with Gasteiger partial charge in [0.1, 0.15) is 6.54 Å². The van der Waals surface area contributed by atoms with E-state index in [-0.39, 0.29) is 18.4 Å². The van der Waals surface area contributed by atoms with Crippen molar-refractivity contribution in [3.63, 3.8) is 0 Å². The Morgan fingerprint density at radius 3 is 2.03 bits per heavy atom. The van der Waals surface area contributed by atoms with Gasteiger partial charge in [-0.25, -0.2) is 4.79 Å². The molecule has 0 unspecified atom stereocenters. The highest BCUT2D eigenvalue weighted by molar-refractivity contribution is 5.96. The van der Waals surface area contributed by atoms with E-state index in [1.807, 2.05) is 67.3 Å². The van der Waals surface area contributed by atoms with Crippen LogP contribution in [0.25, 0.3) is 0 Å². The highest BCUT2D eigenvalue weighted by Gasteiger charge is 2.38. The predicted molar refractivity (Wildman–Crippen MR) is 120 cm³/mol. The minimum absolute atomic E-state index is 0.00477. The lowest BCUT2D eigenvalue weighted by Gasteiger charge is -2.30. The van der Waals surface area contributed by atoms with Crippen molar-refractivity contribution >= 4 is 17.8 Å². The standard InChI is InChI=1S/C22H27N3O2.C2HF3O2/c1-17-12-18(2)14-20(13-17)22(27)25(15-19-6-4-3-5-7-19)16-21(26)24-10-8-23-9-11-24;3-2(4,5)1(6)7/h3-7,12-14,23H,8-11,15-16H2,1-2H3;(H,6,7). The van der Waals surface area contributed by atoms with Crippen LogP contribution in [0.5, 0.6) is 0 Å². The van der Waals surface area contributed by atoms with Crippen LogP contribution in [0.3, 0.4) is 0 Å². The molecule has 3 rings (SSSR count). The maximum absolute atomic E-state index is 13.2. The fraction of sp³-hybridized carbons (Fsp3) is 0.375. The van der Waals surface area contributed by atoms with Gasteiger partial charge in [0.15, 0.2) is 0 Å². The van der Waals surface area contributed by atoms with E-state index in [1.54, 1.807) is 4.90 Å². The van der Waals surface area contributed by atoms with Crippen molar-refractivity contribution < 1.29 is 32.7 Å². The second kappa shape index (κ2) is 12.2. The van der Waals surface area contributed by atoms with Crippen LogP contribution in [-0.2, 0) is 16.1 Å². The summed E-state index contributed by atoms with van der Waals surface area (Å²) in [6.45, 7) is 7.47. The number of alkyl halides is 3. The zero-order chi connectivity index (χ0) is 25.3. The lowest BCUT2D eigenvalue weighted by atomic mass is 10.1. The van der Waals surface area contributed by atoms with Crippen molar-refractivity contribution in [2.75, 3.05) is 32.7 Å². The number of carboxylic acids is 1. The molecule has 0 radical (unpaired) electrons. The van der Waals surface area contributed by atoms with E-state index < -0.39 is 12.1 Å². The summed E-state index contributed by atoms with van der Waals surface area (Å²) >= 11 is 0. The third-order valence-electron chi connectivity index (χ3n) is 5.01. The molecule has 184 valence electrons. The number of nitrogens with zero attached hydrogens (tertiary/aromatic N) is 2. The number of nitrogens with one attached hydrogen (secondary N) is 1. The number of benzene rings is 2. The van der Waals surface area contributed by atoms with Crippen LogP contribution in [0.1, 0.15) is 27.0 Å². The molecule has 2 aromatic carbocycles. The maximum atomic E-state index is 13.2. The molecule has 1 heterocycles. The lowest BCUT2D eigenvalue weighted by Crippen LogP contribution is -2.50. The summed E-state index contributed by atoms with van der Waals surface area (Å²) in [5.41, 5.74) is 3.75. The third kappa shape index (κ3) is 8.51. The zero-order valence-corrected chi connectivity index (χ0v) is 19.1. The van der Waals surface area contributed by atoms with E-state index in [9.17, 15) is 22.8 Å². The van der Waals surface area contributed by atoms with Crippen molar-refractivity contribution in [3.05, 3.63) is 70.8 Å². The van der Waals surface area contributed by atoms with Gasteiger partial charge in [-0.2, -0.15) is 13.2 Å². The normalized spacial score (nSPS) is 13.5. The first kappa shape index (κ1) is 26.8. The third-order valence-corrected chi connectivity index (χ3v) is 5.01. The highest BCUT2D eigenvalue weighted by atomic mass is 19.4. The van der Waals surface area contributed by atoms with Crippen LogP contribution < -0.4 is 5.32 Å². The summed E-state index contributed by atoms with van der Waals surface area (Å²) in [5, 5.41) is 10.4. The summed E-state index contributed by atoms with van der Waals surface area (Å²) < 4.78 is 31.7. The summed E-state index contributed by atoms with van der Waals surface area (Å²) in [7, 11) is 0. The molecule has 1 fully saturated rings. The molecule has 2 amide bonds. The number of hydrogen-bond acceptors (Lipinski definition) is 4. The first-order valence-electron chi connectivity index (χ1n) is 10.7. The monoisotopic (exact) mass is 479 g/mol. The molecule has 0 saturated carbocycles. The molecule has 0 bridgehead atoms. The number of aliphatic carboxylic acids is 1. The molecule has 1 aliphatic rings. The molecule has 0 aromatic heterocycles. The smallest absolute Gasteiger partial charge is 0.475 e. The Balaban J connectivity index is 0.000000509. The average Bonchev–Trinajstić information content (AvgIpc) is 2.78. The summed E-state index contributed by atoms with van der Waals surface area (Å²) in [6, 6.07) is 15.6. The van der Waals surface area contributed by atoms with E-state index in [0.717, 1.165) is 29.8 Å². The van der Waals surface area contributed by atoms with Crippen LogP contribution in [0, 0.1) is 13.8 Å². The van der Waals surface area contributed by atoms with Crippen LogP contribution in [0.15, 0.2) is 48.5 Å². The Kier molecular flexibility index (Phi) is 9.61. The molecule has 0 spiro atoms. The number of carboxylic acid groups (broad SMARTS) is 1. The maximum Gasteiger partial charge on any atom is 0.490 e. The van der Waals surface area contributed by atoms with E-state index in [0.29, 0.717) is 25.2 Å². The van der Waals surface area contributed by atoms with E-state index in [4.69, 9.17) is 9.90 Å². The molecule has 7 nitrogen and oxygen atoms in total. The van der Waals surface area contributed by atoms with Gasteiger partial charge in [0.05, 0.1) is 0 Å². The predicted octanol–water partition coefficient (Wildman–Crippen LogP) is 3.01. The van der Waals surface area contributed by atoms with Gasteiger partial charge >= 0.3 is 12.1 Å². The van der Waals surface area contributed by atoms with Crippen molar-refractivity contribution in [1.82, 2.24) is 15.1 Å². The first-order chi connectivity index (χ1) is 16.0. The van der Waals surface area contributed by atoms with E-state index >= 15 is 0 Å². The van der Waals surface area contributed by atoms with Crippen molar-refractivity contribution in [3.8, 4) is 0 Å². The van der Waals surface area contributed by atoms with E-state index in [2.05, 4.69) is 5.32 Å². The Bertz CT molecular complexity index is 970. The molecule has 2 N–H and O–H groups in total. The number of aryl methyl sites for hydroxylation is 2. The average molecular weight is 479 g/mol. The van der Waals surface area contributed by atoms with Gasteiger partial charge in [-0.05, 0) is 31.5 Å². The van der Waals surface area contributed by atoms with Gasteiger partial charge in [-0.1, -0.05) is 47.5 Å².